The van der Waals surface area contributed by atoms with Crippen LogP contribution >= 0.6 is 0 Å². The second-order valence-electron chi connectivity index (χ2n) is 6.42. The van der Waals surface area contributed by atoms with Crippen molar-refractivity contribution in [1.29, 1.82) is 0 Å². The fourth-order valence-corrected chi connectivity index (χ4v) is 3.59. The Morgan fingerprint density at radius 2 is 1.26 bits per heavy atom. The lowest BCUT2D eigenvalue weighted by atomic mass is 9.95. The standard InChI is InChI=1S/C22H16O/c1-13-9-17-11-16-4-6-20-19(5-3-15-7-8-23-22(15)20)21(16)12-18(17)10-14(13)2/h3-12H,1-2H3. The quantitative estimate of drug-likeness (QED) is 0.234. The van der Waals surface area contributed by atoms with E-state index in [0.717, 1.165) is 11.0 Å². The first-order chi connectivity index (χ1) is 11.2. The molecule has 4 aromatic carbocycles. The predicted octanol–water partition coefficient (Wildman–Crippen LogP) is 6.51. The van der Waals surface area contributed by atoms with E-state index in [4.69, 9.17) is 4.42 Å². The van der Waals surface area contributed by atoms with Gasteiger partial charge in [0.05, 0.1) is 6.26 Å². The first kappa shape index (κ1) is 12.7. The number of rotatable bonds is 0. The average Bonchev–Trinajstić information content (AvgIpc) is 3.03. The van der Waals surface area contributed by atoms with E-state index in [1.807, 2.05) is 6.07 Å². The molecule has 1 heteroatoms. The van der Waals surface area contributed by atoms with Gasteiger partial charge in [-0.2, -0.15) is 0 Å². The Labute approximate surface area is 134 Å². The van der Waals surface area contributed by atoms with Crippen LogP contribution in [0.25, 0.3) is 43.3 Å². The Morgan fingerprint density at radius 3 is 2.09 bits per heavy atom. The highest BCUT2D eigenvalue weighted by atomic mass is 16.3. The highest BCUT2D eigenvalue weighted by Gasteiger charge is 2.08. The minimum atomic E-state index is 0.976. The molecule has 0 amide bonds. The molecule has 23 heavy (non-hydrogen) atoms. The first-order valence-electron chi connectivity index (χ1n) is 7.94. The van der Waals surface area contributed by atoms with Crippen LogP contribution in [-0.4, -0.2) is 0 Å². The molecule has 0 aliphatic carbocycles. The second kappa shape index (κ2) is 4.36. The van der Waals surface area contributed by atoms with Gasteiger partial charge in [0.15, 0.2) is 0 Å². The Morgan fingerprint density at radius 1 is 0.565 bits per heavy atom. The molecule has 0 aliphatic rings. The number of fused-ring (bicyclic) bond motifs is 6. The predicted molar refractivity (Wildman–Crippen MR) is 98.2 cm³/mol. The third-order valence-electron chi connectivity index (χ3n) is 5.00. The second-order valence-corrected chi connectivity index (χ2v) is 6.42. The van der Waals surface area contributed by atoms with E-state index in [2.05, 4.69) is 62.4 Å². The third kappa shape index (κ3) is 1.74. The van der Waals surface area contributed by atoms with Gasteiger partial charge < -0.3 is 4.42 Å². The largest absolute Gasteiger partial charge is 0.464 e. The fraction of sp³-hybridized carbons (Fsp3) is 0.0909. The van der Waals surface area contributed by atoms with Gasteiger partial charge in [-0.15, -0.1) is 0 Å². The van der Waals surface area contributed by atoms with Crippen LogP contribution in [0.3, 0.4) is 0 Å². The van der Waals surface area contributed by atoms with E-state index in [1.165, 1.54) is 43.4 Å². The van der Waals surface area contributed by atoms with Gasteiger partial charge in [0.1, 0.15) is 5.58 Å². The normalized spacial score (nSPS) is 11.9. The minimum absolute atomic E-state index is 0.976. The molecule has 5 rings (SSSR count). The van der Waals surface area contributed by atoms with Crippen molar-refractivity contribution < 1.29 is 4.42 Å². The van der Waals surface area contributed by atoms with Crippen molar-refractivity contribution in [3.8, 4) is 0 Å². The molecule has 5 aromatic rings. The van der Waals surface area contributed by atoms with Crippen molar-refractivity contribution in [2.45, 2.75) is 13.8 Å². The van der Waals surface area contributed by atoms with E-state index in [-0.39, 0.29) is 0 Å². The zero-order valence-electron chi connectivity index (χ0n) is 13.2. The van der Waals surface area contributed by atoms with Crippen molar-refractivity contribution in [3.63, 3.8) is 0 Å². The maximum absolute atomic E-state index is 5.70. The molecule has 0 aliphatic heterocycles. The molecule has 0 unspecified atom stereocenters. The van der Waals surface area contributed by atoms with Crippen molar-refractivity contribution in [3.05, 3.63) is 72.0 Å². The smallest absolute Gasteiger partial charge is 0.141 e. The van der Waals surface area contributed by atoms with Gasteiger partial charge in [-0.3, -0.25) is 0 Å². The maximum Gasteiger partial charge on any atom is 0.141 e. The third-order valence-corrected chi connectivity index (χ3v) is 5.00. The molecule has 0 saturated heterocycles. The van der Waals surface area contributed by atoms with Gasteiger partial charge in [-0.25, -0.2) is 0 Å². The van der Waals surface area contributed by atoms with Crippen molar-refractivity contribution >= 4 is 43.3 Å². The number of aryl methyl sites for hydroxylation is 2. The molecule has 0 bridgehead atoms. The summed E-state index contributed by atoms with van der Waals surface area (Å²) in [6, 6.07) is 19.9. The molecule has 1 aromatic heterocycles. The summed E-state index contributed by atoms with van der Waals surface area (Å²) in [4.78, 5) is 0. The first-order valence-corrected chi connectivity index (χ1v) is 7.94. The van der Waals surface area contributed by atoms with Crippen molar-refractivity contribution in [1.82, 2.24) is 0 Å². The topological polar surface area (TPSA) is 13.1 Å². The molecule has 0 spiro atoms. The summed E-state index contributed by atoms with van der Waals surface area (Å²) in [5.41, 5.74) is 3.66. The molecule has 0 saturated carbocycles. The Hall–Kier alpha value is -2.80. The van der Waals surface area contributed by atoms with Crippen LogP contribution in [0.2, 0.25) is 0 Å². The molecule has 0 fully saturated rings. The van der Waals surface area contributed by atoms with Gasteiger partial charge >= 0.3 is 0 Å². The lowest BCUT2D eigenvalue weighted by Crippen LogP contribution is -1.84. The summed E-state index contributed by atoms with van der Waals surface area (Å²) >= 11 is 0. The van der Waals surface area contributed by atoms with E-state index < -0.39 is 0 Å². The van der Waals surface area contributed by atoms with Crippen LogP contribution in [0.1, 0.15) is 11.1 Å². The van der Waals surface area contributed by atoms with E-state index in [9.17, 15) is 0 Å². The van der Waals surface area contributed by atoms with Crippen molar-refractivity contribution in [2.24, 2.45) is 0 Å². The van der Waals surface area contributed by atoms with Gasteiger partial charge in [-0.05, 0) is 76.2 Å². The molecule has 0 atom stereocenters. The highest BCUT2D eigenvalue weighted by Crippen LogP contribution is 2.34. The van der Waals surface area contributed by atoms with Gasteiger partial charge in [0.25, 0.3) is 0 Å². The molecule has 0 radical (unpaired) electrons. The average molecular weight is 296 g/mol. The van der Waals surface area contributed by atoms with Gasteiger partial charge in [0.2, 0.25) is 0 Å². The zero-order valence-corrected chi connectivity index (χ0v) is 13.2. The summed E-state index contributed by atoms with van der Waals surface area (Å²) in [7, 11) is 0. The van der Waals surface area contributed by atoms with Crippen LogP contribution < -0.4 is 0 Å². The number of benzene rings is 4. The lowest BCUT2D eigenvalue weighted by molar-refractivity contribution is 0.619. The maximum atomic E-state index is 5.70. The SMILES string of the molecule is Cc1cc2cc3ccc4c(ccc5ccoc54)c3cc2cc1C. The summed E-state index contributed by atoms with van der Waals surface area (Å²) in [6.45, 7) is 4.35. The Balaban J connectivity index is 1.99. The van der Waals surface area contributed by atoms with Crippen LogP contribution in [0.5, 0.6) is 0 Å². The minimum Gasteiger partial charge on any atom is -0.464 e. The van der Waals surface area contributed by atoms with Crippen LogP contribution in [-0.2, 0) is 0 Å². The summed E-state index contributed by atoms with van der Waals surface area (Å²) in [5, 5.41) is 8.76. The number of furan rings is 1. The molecule has 0 N–H and O–H groups in total. The lowest BCUT2D eigenvalue weighted by Gasteiger charge is -2.09. The van der Waals surface area contributed by atoms with Gasteiger partial charge in [-0.1, -0.05) is 30.3 Å². The monoisotopic (exact) mass is 296 g/mol. The summed E-state index contributed by atoms with van der Waals surface area (Å²) < 4.78 is 5.70. The zero-order chi connectivity index (χ0) is 15.6. The summed E-state index contributed by atoms with van der Waals surface area (Å²) in [6.07, 6.45) is 1.76. The summed E-state index contributed by atoms with van der Waals surface area (Å²) in [5.74, 6) is 0. The van der Waals surface area contributed by atoms with Crippen LogP contribution in [0.4, 0.5) is 0 Å². The number of hydrogen-bond acceptors (Lipinski definition) is 1. The van der Waals surface area contributed by atoms with Crippen LogP contribution in [0.15, 0.2) is 65.3 Å². The van der Waals surface area contributed by atoms with E-state index in [1.54, 1.807) is 6.26 Å². The Bertz CT molecular complexity index is 1220. The van der Waals surface area contributed by atoms with E-state index in [0.29, 0.717) is 0 Å². The Kier molecular flexibility index (Phi) is 2.41. The fourth-order valence-electron chi connectivity index (χ4n) is 3.59. The molecule has 1 nitrogen and oxygen atoms in total. The molecule has 110 valence electrons. The number of hydrogen-bond donors (Lipinski definition) is 0. The van der Waals surface area contributed by atoms with Crippen LogP contribution in [0, 0.1) is 13.8 Å². The van der Waals surface area contributed by atoms with Gasteiger partial charge in [0, 0.05) is 10.8 Å². The van der Waals surface area contributed by atoms with E-state index >= 15 is 0 Å². The molecular weight excluding hydrogens is 280 g/mol. The highest BCUT2D eigenvalue weighted by molar-refractivity contribution is 6.17. The molecule has 1 heterocycles. The van der Waals surface area contributed by atoms with Crippen molar-refractivity contribution in [2.75, 3.05) is 0 Å². The molecular formula is C22H16O.